The zero-order valence-corrected chi connectivity index (χ0v) is 17.4. The standard InChI is InChI=1S/C12H14BrN3.C7H3BrFN/c1-15-4-6-16(7-5-15)12-3-2-11(13)8-10(12)9-14;8-6-1-2-7(9)5(3-6)4-10/h2-3,8H,4-7H2,1H3;1-3H. The lowest BCUT2D eigenvalue weighted by Gasteiger charge is -2.34. The molecular formula is C19H17Br2FN4. The first kappa shape index (κ1) is 20.4. The summed E-state index contributed by atoms with van der Waals surface area (Å²) >= 11 is 6.51. The molecule has 1 heterocycles. The first-order chi connectivity index (χ1) is 12.4. The lowest BCUT2D eigenvalue weighted by molar-refractivity contribution is 0.313. The van der Waals surface area contributed by atoms with E-state index in [1.807, 2.05) is 18.2 Å². The Labute approximate surface area is 169 Å². The molecule has 2 aromatic carbocycles. The van der Waals surface area contributed by atoms with Crippen molar-refractivity contribution in [1.29, 1.82) is 10.5 Å². The van der Waals surface area contributed by atoms with Gasteiger partial charge in [0.05, 0.1) is 16.8 Å². The van der Waals surface area contributed by atoms with Gasteiger partial charge in [0.25, 0.3) is 0 Å². The molecule has 0 atom stereocenters. The van der Waals surface area contributed by atoms with E-state index in [1.165, 1.54) is 12.1 Å². The largest absolute Gasteiger partial charge is 0.368 e. The van der Waals surface area contributed by atoms with Crippen molar-refractivity contribution < 1.29 is 4.39 Å². The van der Waals surface area contributed by atoms with Crippen molar-refractivity contribution >= 4 is 37.5 Å². The van der Waals surface area contributed by atoms with Crippen LogP contribution in [0.5, 0.6) is 0 Å². The lowest BCUT2D eigenvalue weighted by Crippen LogP contribution is -2.44. The lowest BCUT2D eigenvalue weighted by atomic mass is 10.1. The Morgan fingerprint density at radius 1 is 0.885 bits per heavy atom. The van der Waals surface area contributed by atoms with Crippen molar-refractivity contribution in [1.82, 2.24) is 4.90 Å². The van der Waals surface area contributed by atoms with Gasteiger partial charge in [-0.1, -0.05) is 31.9 Å². The fourth-order valence-corrected chi connectivity index (χ4v) is 3.23. The van der Waals surface area contributed by atoms with Crippen LogP contribution in [0.3, 0.4) is 0 Å². The average Bonchev–Trinajstić information content (AvgIpc) is 2.65. The molecule has 0 amide bonds. The molecule has 26 heavy (non-hydrogen) atoms. The molecular weight excluding hydrogens is 463 g/mol. The van der Waals surface area contributed by atoms with E-state index in [0.717, 1.165) is 41.9 Å². The molecule has 1 aliphatic rings. The van der Waals surface area contributed by atoms with Crippen LogP contribution in [-0.4, -0.2) is 38.1 Å². The topological polar surface area (TPSA) is 54.1 Å². The minimum Gasteiger partial charge on any atom is -0.368 e. The Hall–Kier alpha value is -1.93. The van der Waals surface area contributed by atoms with E-state index in [4.69, 9.17) is 10.5 Å². The summed E-state index contributed by atoms with van der Waals surface area (Å²) in [5.74, 6) is -0.481. The number of benzene rings is 2. The third kappa shape index (κ3) is 5.54. The predicted octanol–water partition coefficient (Wildman–Crippen LogP) is 4.53. The van der Waals surface area contributed by atoms with E-state index in [9.17, 15) is 4.39 Å². The van der Waals surface area contributed by atoms with Crippen molar-refractivity contribution in [2.24, 2.45) is 0 Å². The molecule has 0 radical (unpaired) electrons. The van der Waals surface area contributed by atoms with Crippen molar-refractivity contribution in [2.75, 3.05) is 38.1 Å². The molecule has 0 aliphatic carbocycles. The van der Waals surface area contributed by atoms with Gasteiger partial charge in [-0.2, -0.15) is 10.5 Å². The van der Waals surface area contributed by atoms with Gasteiger partial charge in [0.15, 0.2) is 0 Å². The highest BCUT2D eigenvalue weighted by molar-refractivity contribution is 9.10. The first-order valence-electron chi connectivity index (χ1n) is 7.93. The van der Waals surface area contributed by atoms with Gasteiger partial charge in [-0.3, -0.25) is 0 Å². The maximum absolute atomic E-state index is 12.5. The van der Waals surface area contributed by atoms with Gasteiger partial charge in [0.2, 0.25) is 0 Å². The number of hydrogen-bond donors (Lipinski definition) is 0. The highest BCUT2D eigenvalue weighted by Gasteiger charge is 2.16. The van der Waals surface area contributed by atoms with Gasteiger partial charge in [-0.15, -0.1) is 0 Å². The molecule has 1 saturated heterocycles. The third-order valence-corrected chi connectivity index (χ3v) is 4.96. The van der Waals surface area contributed by atoms with E-state index in [1.54, 1.807) is 12.1 Å². The zero-order chi connectivity index (χ0) is 19.1. The van der Waals surface area contributed by atoms with Crippen LogP contribution in [0, 0.1) is 28.5 Å². The molecule has 2 aromatic rings. The van der Waals surface area contributed by atoms with Gasteiger partial charge >= 0.3 is 0 Å². The molecule has 0 aromatic heterocycles. The van der Waals surface area contributed by atoms with Crippen LogP contribution < -0.4 is 4.90 Å². The molecule has 7 heteroatoms. The monoisotopic (exact) mass is 478 g/mol. The van der Waals surface area contributed by atoms with E-state index < -0.39 is 5.82 Å². The average molecular weight is 480 g/mol. The molecule has 0 unspecified atom stereocenters. The minimum atomic E-state index is -0.481. The summed E-state index contributed by atoms with van der Waals surface area (Å²) in [5, 5.41) is 17.4. The van der Waals surface area contributed by atoms with Crippen molar-refractivity contribution in [2.45, 2.75) is 0 Å². The minimum absolute atomic E-state index is 0.0642. The second-order valence-electron chi connectivity index (χ2n) is 5.80. The number of hydrogen-bond acceptors (Lipinski definition) is 4. The number of halogens is 3. The van der Waals surface area contributed by atoms with Gasteiger partial charge in [-0.25, -0.2) is 4.39 Å². The molecule has 3 rings (SSSR count). The van der Waals surface area contributed by atoms with Crippen molar-refractivity contribution in [3.05, 3.63) is 62.3 Å². The highest BCUT2D eigenvalue weighted by Crippen LogP contribution is 2.24. The van der Waals surface area contributed by atoms with Crippen molar-refractivity contribution in [3.63, 3.8) is 0 Å². The molecule has 0 spiro atoms. The maximum Gasteiger partial charge on any atom is 0.141 e. The number of nitrogens with zero attached hydrogens (tertiary/aromatic N) is 4. The fraction of sp³-hybridized carbons (Fsp3) is 0.263. The van der Waals surface area contributed by atoms with Crippen LogP contribution in [0.25, 0.3) is 0 Å². The Bertz CT molecular complexity index is 850. The normalized spacial score (nSPS) is 14.0. The SMILES string of the molecule is CN1CCN(c2ccc(Br)cc2C#N)CC1.N#Cc1cc(Br)ccc1F. The number of anilines is 1. The van der Waals surface area contributed by atoms with Gasteiger partial charge in [-0.05, 0) is 43.4 Å². The molecule has 1 fully saturated rings. The smallest absolute Gasteiger partial charge is 0.141 e. The quantitative estimate of drug-likeness (QED) is 0.602. The molecule has 134 valence electrons. The maximum atomic E-state index is 12.5. The van der Waals surface area contributed by atoms with Crippen LogP contribution in [0.4, 0.5) is 10.1 Å². The molecule has 0 bridgehead atoms. The van der Waals surface area contributed by atoms with Crippen LogP contribution in [0.1, 0.15) is 11.1 Å². The Morgan fingerprint density at radius 3 is 1.96 bits per heavy atom. The van der Waals surface area contributed by atoms with Gasteiger partial charge in [0.1, 0.15) is 18.0 Å². The summed E-state index contributed by atoms with van der Waals surface area (Å²) in [7, 11) is 2.13. The summed E-state index contributed by atoms with van der Waals surface area (Å²) in [4.78, 5) is 4.59. The Kier molecular flexibility index (Phi) is 7.59. The number of likely N-dealkylation sites (N-methyl/N-ethyl adjacent to an activating group) is 1. The summed E-state index contributed by atoms with van der Waals surface area (Å²) in [5.41, 5.74) is 1.87. The summed E-state index contributed by atoms with van der Waals surface area (Å²) < 4.78 is 14.2. The molecule has 0 N–H and O–H groups in total. The predicted molar refractivity (Wildman–Crippen MR) is 107 cm³/mol. The van der Waals surface area contributed by atoms with Gasteiger partial charge in [0, 0.05) is 35.1 Å². The third-order valence-electron chi connectivity index (χ3n) is 3.97. The van der Waals surface area contributed by atoms with Crippen molar-refractivity contribution in [3.8, 4) is 12.1 Å². The Balaban J connectivity index is 0.000000209. The highest BCUT2D eigenvalue weighted by atomic mass is 79.9. The number of nitriles is 2. The van der Waals surface area contributed by atoms with E-state index in [0.29, 0.717) is 4.47 Å². The zero-order valence-electron chi connectivity index (χ0n) is 14.2. The van der Waals surface area contributed by atoms with Crippen LogP contribution >= 0.6 is 31.9 Å². The second kappa shape index (κ2) is 9.68. The van der Waals surface area contributed by atoms with E-state index in [2.05, 4.69) is 54.8 Å². The second-order valence-corrected chi connectivity index (χ2v) is 7.63. The molecule has 4 nitrogen and oxygen atoms in total. The first-order valence-corrected chi connectivity index (χ1v) is 9.51. The van der Waals surface area contributed by atoms with E-state index in [-0.39, 0.29) is 5.56 Å². The van der Waals surface area contributed by atoms with E-state index >= 15 is 0 Å². The summed E-state index contributed by atoms with van der Waals surface area (Å²) in [6, 6.07) is 14.1. The summed E-state index contributed by atoms with van der Waals surface area (Å²) in [6.07, 6.45) is 0. The number of piperazine rings is 1. The molecule has 1 aliphatic heterocycles. The van der Waals surface area contributed by atoms with Crippen LogP contribution in [-0.2, 0) is 0 Å². The Morgan fingerprint density at radius 2 is 1.42 bits per heavy atom. The number of rotatable bonds is 1. The van der Waals surface area contributed by atoms with Gasteiger partial charge < -0.3 is 9.80 Å². The summed E-state index contributed by atoms with van der Waals surface area (Å²) in [6.45, 7) is 4.10. The van der Waals surface area contributed by atoms with Crippen LogP contribution in [0.2, 0.25) is 0 Å². The fourth-order valence-electron chi connectivity index (χ4n) is 2.50. The molecule has 0 saturated carbocycles. The van der Waals surface area contributed by atoms with Crippen LogP contribution in [0.15, 0.2) is 45.3 Å².